The van der Waals surface area contributed by atoms with Crippen molar-refractivity contribution in [1.29, 1.82) is 0 Å². The maximum atomic E-state index is 12.9. The Hall–Kier alpha value is -2.59. The van der Waals surface area contributed by atoms with Crippen LogP contribution in [-0.2, 0) is 6.18 Å². The molecule has 2 aromatic carbocycles. The SMILES string of the molecule is Nc1ccc(C(F)(F)F)c(Oc2ccc(C(C(F)(F)F)C(F)(F)F)cc2)c1. The Labute approximate surface area is 146 Å². The molecule has 0 bridgehead atoms. The first kappa shape index (κ1) is 20.7. The molecule has 0 fully saturated rings. The van der Waals surface area contributed by atoms with Crippen LogP contribution < -0.4 is 10.5 Å². The smallest absolute Gasteiger partial charge is 0.419 e. The summed E-state index contributed by atoms with van der Waals surface area (Å²) in [7, 11) is 0. The molecule has 0 heterocycles. The highest BCUT2D eigenvalue weighted by atomic mass is 19.4. The van der Waals surface area contributed by atoms with Gasteiger partial charge in [-0.25, -0.2) is 0 Å². The molecule has 0 atom stereocenters. The average molecular weight is 403 g/mol. The summed E-state index contributed by atoms with van der Waals surface area (Å²) >= 11 is 0. The van der Waals surface area contributed by atoms with Gasteiger partial charge in [0.05, 0.1) is 5.56 Å². The van der Waals surface area contributed by atoms with E-state index in [9.17, 15) is 39.5 Å². The largest absolute Gasteiger partial charge is 0.457 e. The lowest BCUT2D eigenvalue weighted by Crippen LogP contribution is -2.34. The first-order valence-electron chi connectivity index (χ1n) is 7.07. The molecular weight excluding hydrogens is 393 g/mol. The molecule has 148 valence electrons. The summed E-state index contributed by atoms with van der Waals surface area (Å²) in [5.41, 5.74) is 2.98. The van der Waals surface area contributed by atoms with Crippen molar-refractivity contribution in [2.24, 2.45) is 0 Å². The molecule has 0 aliphatic heterocycles. The van der Waals surface area contributed by atoms with Gasteiger partial charge in [0.25, 0.3) is 0 Å². The summed E-state index contributed by atoms with van der Waals surface area (Å²) in [5.74, 6) is -4.85. The van der Waals surface area contributed by atoms with E-state index in [1.54, 1.807) is 0 Å². The maximum Gasteiger partial charge on any atom is 0.419 e. The predicted octanol–water partition coefficient (Wildman–Crippen LogP) is 6.29. The monoisotopic (exact) mass is 403 g/mol. The van der Waals surface area contributed by atoms with Crippen LogP contribution in [0.2, 0.25) is 0 Å². The molecule has 2 N–H and O–H groups in total. The summed E-state index contributed by atoms with van der Waals surface area (Å²) in [6, 6.07) is 4.84. The Morgan fingerprint density at radius 1 is 0.741 bits per heavy atom. The Bertz CT molecular complexity index is 778. The van der Waals surface area contributed by atoms with Gasteiger partial charge >= 0.3 is 18.5 Å². The summed E-state index contributed by atoms with van der Waals surface area (Å²) in [4.78, 5) is 0. The summed E-state index contributed by atoms with van der Waals surface area (Å²) < 4.78 is 120. The Kier molecular flexibility index (Phi) is 5.26. The van der Waals surface area contributed by atoms with Gasteiger partial charge in [0.2, 0.25) is 0 Å². The number of benzene rings is 2. The third kappa shape index (κ3) is 4.98. The average Bonchev–Trinajstić information content (AvgIpc) is 2.45. The van der Waals surface area contributed by atoms with Crippen LogP contribution in [0.3, 0.4) is 0 Å². The predicted molar refractivity (Wildman–Crippen MR) is 77.2 cm³/mol. The minimum atomic E-state index is -5.59. The number of nitrogen functional groups attached to an aromatic ring is 1. The van der Waals surface area contributed by atoms with E-state index in [4.69, 9.17) is 10.5 Å². The van der Waals surface area contributed by atoms with Crippen molar-refractivity contribution in [3.8, 4) is 11.5 Å². The molecule has 2 rings (SSSR count). The molecule has 0 radical (unpaired) electrons. The van der Waals surface area contributed by atoms with Gasteiger partial charge in [-0.3, -0.25) is 0 Å². The number of alkyl halides is 9. The van der Waals surface area contributed by atoms with Crippen molar-refractivity contribution >= 4 is 5.69 Å². The Balaban J connectivity index is 2.36. The van der Waals surface area contributed by atoms with E-state index in [2.05, 4.69) is 0 Å². The fourth-order valence-electron chi connectivity index (χ4n) is 2.28. The summed E-state index contributed by atoms with van der Waals surface area (Å²) in [5, 5.41) is 0. The molecule has 0 unspecified atom stereocenters. The molecule has 27 heavy (non-hydrogen) atoms. The zero-order valence-corrected chi connectivity index (χ0v) is 13.0. The molecule has 0 aliphatic carbocycles. The van der Waals surface area contributed by atoms with Crippen LogP contribution in [0.25, 0.3) is 0 Å². The standard InChI is InChI=1S/C16H10F9NO/c17-14(18,19)11-6-3-9(26)7-12(11)27-10-4-1-8(2-5-10)13(15(20,21)22)16(23,24)25/h1-7,13H,26H2. The topological polar surface area (TPSA) is 35.2 Å². The molecule has 2 nitrogen and oxygen atoms in total. The number of rotatable bonds is 3. The van der Waals surface area contributed by atoms with Gasteiger partial charge in [0.1, 0.15) is 11.5 Å². The van der Waals surface area contributed by atoms with Crippen LogP contribution in [0.4, 0.5) is 45.2 Å². The van der Waals surface area contributed by atoms with Crippen LogP contribution in [-0.4, -0.2) is 12.4 Å². The van der Waals surface area contributed by atoms with Crippen molar-refractivity contribution in [3.05, 3.63) is 53.6 Å². The highest BCUT2D eigenvalue weighted by Gasteiger charge is 2.57. The van der Waals surface area contributed by atoms with Gasteiger partial charge in [-0.15, -0.1) is 0 Å². The number of hydrogen-bond donors (Lipinski definition) is 1. The number of anilines is 1. The first-order chi connectivity index (χ1) is 12.2. The molecule has 11 heteroatoms. The van der Waals surface area contributed by atoms with Gasteiger partial charge in [-0.05, 0) is 29.8 Å². The number of halogens is 9. The molecular formula is C16H10F9NO. The molecule has 0 saturated heterocycles. The van der Waals surface area contributed by atoms with E-state index in [1.807, 2.05) is 0 Å². The molecule has 0 spiro atoms. The normalized spacial score (nSPS) is 13.1. The highest BCUT2D eigenvalue weighted by molar-refractivity contribution is 5.51. The number of nitrogens with two attached hydrogens (primary N) is 1. The van der Waals surface area contributed by atoms with Gasteiger partial charge in [-0.1, -0.05) is 12.1 Å². The van der Waals surface area contributed by atoms with Crippen molar-refractivity contribution < 1.29 is 44.3 Å². The van der Waals surface area contributed by atoms with Crippen molar-refractivity contribution in [1.82, 2.24) is 0 Å². The fraction of sp³-hybridized carbons (Fsp3) is 0.250. The van der Waals surface area contributed by atoms with Crippen molar-refractivity contribution in [2.45, 2.75) is 24.4 Å². The summed E-state index contributed by atoms with van der Waals surface area (Å²) in [6.07, 6.45) is -16.0. The molecule has 0 aliphatic rings. The lowest BCUT2D eigenvalue weighted by molar-refractivity contribution is -0.253. The van der Waals surface area contributed by atoms with Gasteiger partial charge in [0, 0.05) is 11.8 Å². The minimum Gasteiger partial charge on any atom is -0.457 e. The van der Waals surface area contributed by atoms with Crippen molar-refractivity contribution in [2.75, 3.05) is 5.73 Å². The fourth-order valence-corrected chi connectivity index (χ4v) is 2.28. The lowest BCUT2D eigenvalue weighted by atomic mass is 9.98. The van der Waals surface area contributed by atoms with E-state index in [0.29, 0.717) is 30.3 Å². The molecule has 0 aromatic heterocycles. The number of ether oxygens (including phenoxy) is 1. The molecule has 0 saturated carbocycles. The third-order valence-corrected chi connectivity index (χ3v) is 3.41. The van der Waals surface area contributed by atoms with Crippen LogP contribution in [0.15, 0.2) is 42.5 Å². The highest BCUT2D eigenvalue weighted by Crippen LogP contribution is 2.47. The van der Waals surface area contributed by atoms with Crippen LogP contribution >= 0.6 is 0 Å². The summed E-state index contributed by atoms with van der Waals surface area (Å²) in [6.45, 7) is 0. The zero-order valence-electron chi connectivity index (χ0n) is 13.0. The third-order valence-electron chi connectivity index (χ3n) is 3.41. The van der Waals surface area contributed by atoms with Crippen molar-refractivity contribution in [3.63, 3.8) is 0 Å². The lowest BCUT2D eigenvalue weighted by Gasteiger charge is -2.23. The second-order valence-electron chi connectivity index (χ2n) is 5.44. The van der Waals surface area contributed by atoms with Gasteiger partial charge in [-0.2, -0.15) is 39.5 Å². The van der Waals surface area contributed by atoms with E-state index in [0.717, 1.165) is 12.1 Å². The zero-order chi connectivity index (χ0) is 20.6. The van der Waals surface area contributed by atoms with E-state index >= 15 is 0 Å². The van der Waals surface area contributed by atoms with E-state index in [-0.39, 0.29) is 5.69 Å². The quantitative estimate of drug-likeness (QED) is 0.483. The van der Waals surface area contributed by atoms with Gasteiger partial charge < -0.3 is 10.5 Å². The minimum absolute atomic E-state index is 0.0798. The van der Waals surface area contributed by atoms with Gasteiger partial charge in [0.15, 0.2) is 5.92 Å². The molecule has 2 aromatic rings. The van der Waals surface area contributed by atoms with Crippen LogP contribution in [0.1, 0.15) is 17.0 Å². The van der Waals surface area contributed by atoms with E-state index in [1.165, 1.54) is 0 Å². The molecule has 0 amide bonds. The Morgan fingerprint density at radius 2 is 1.26 bits per heavy atom. The van der Waals surface area contributed by atoms with E-state index < -0.39 is 47.1 Å². The second kappa shape index (κ2) is 6.86. The van der Waals surface area contributed by atoms with Crippen LogP contribution in [0, 0.1) is 0 Å². The maximum absolute atomic E-state index is 12.9. The number of hydrogen-bond acceptors (Lipinski definition) is 2. The first-order valence-corrected chi connectivity index (χ1v) is 7.07. The Morgan fingerprint density at radius 3 is 1.70 bits per heavy atom. The second-order valence-corrected chi connectivity index (χ2v) is 5.44. The van der Waals surface area contributed by atoms with Crippen LogP contribution in [0.5, 0.6) is 11.5 Å².